The third-order valence-corrected chi connectivity index (χ3v) is 3.45. The summed E-state index contributed by atoms with van der Waals surface area (Å²) < 4.78 is 0. The molecule has 0 spiro atoms. The average molecular weight is 270 g/mol. The molecule has 0 aromatic rings. The standard InChI is InChI=1S/C16H34N2O/c1-6-7-8-15(17)16(19)18(11-9-13(2)3)12-10-14(4)5/h13-15H,6-12,17H2,1-5H3. The van der Waals surface area contributed by atoms with Gasteiger partial charge in [0.1, 0.15) is 0 Å². The van der Waals surface area contributed by atoms with E-state index in [-0.39, 0.29) is 11.9 Å². The van der Waals surface area contributed by atoms with Gasteiger partial charge in [-0.2, -0.15) is 0 Å². The fourth-order valence-corrected chi connectivity index (χ4v) is 1.94. The molecule has 0 heterocycles. The molecule has 0 rings (SSSR count). The first-order chi connectivity index (χ1) is 8.88. The highest BCUT2D eigenvalue weighted by Gasteiger charge is 2.20. The summed E-state index contributed by atoms with van der Waals surface area (Å²) in [4.78, 5) is 14.4. The van der Waals surface area contributed by atoms with Gasteiger partial charge in [0.05, 0.1) is 6.04 Å². The van der Waals surface area contributed by atoms with Crippen LogP contribution in [0.25, 0.3) is 0 Å². The topological polar surface area (TPSA) is 46.3 Å². The Morgan fingerprint density at radius 2 is 1.47 bits per heavy atom. The molecule has 0 aliphatic carbocycles. The molecule has 0 aromatic carbocycles. The highest BCUT2D eigenvalue weighted by atomic mass is 16.2. The Kier molecular flexibility index (Phi) is 9.94. The van der Waals surface area contributed by atoms with Crippen molar-refractivity contribution in [2.45, 2.75) is 72.8 Å². The third kappa shape index (κ3) is 9.04. The van der Waals surface area contributed by atoms with Crippen molar-refractivity contribution < 1.29 is 4.79 Å². The minimum atomic E-state index is -0.306. The van der Waals surface area contributed by atoms with Gasteiger partial charge in [-0.15, -0.1) is 0 Å². The van der Waals surface area contributed by atoms with Crippen molar-refractivity contribution in [3.05, 3.63) is 0 Å². The number of carbonyl (C=O) groups is 1. The van der Waals surface area contributed by atoms with Gasteiger partial charge in [0.25, 0.3) is 0 Å². The Balaban J connectivity index is 4.38. The zero-order valence-corrected chi connectivity index (χ0v) is 13.6. The lowest BCUT2D eigenvalue weighted by Gasteiger charge is -2.27. The second-order valence-electron chi connectivity index (χ2n) is 6.44. The molecule has 114 valence electrons. The van der Waals surface area contributed by atoms with E-state index in [9.17, 15) is 4.79 Å². The van der Waals surface area contributed by atoms with Crippen LogP contribution < -0.4 is 5.73 Å². The second kappa shape index (κ2) is 10.2. The normalized spacial score (nSPS) is 13.1. The fourth-order valence-electron chi connectivity index (χ4n) is 1.94. The number of unbranched alkanes of at least 4 members (excludes halogenated alkanes) is 1. The van der Waals surface area contributed by atoms with Gasteiger partial charge >= 0.3 is 0 Å². The first kappa shape index (κ1) is 18.4. The van der Waals surface area contributed by atoms with Gasteiger partial charge in [-0.05, 0) is 31.1 Å². The third-order valence-electron chi connectivity index (χ3n) is 3.45. The summed E-state index contributed by atoms with van der Waals surface area (Å²) in [6.07, 6.45) is 5.07. The summed E-state index contributed by atoms with van der Waals surface area (Å²) in [7, 11) is 0. The second-order valence-corrected chi connectivity index (χ2v) is 6.44. The predicted octanol–water partition coefficient (Wildman–Crippen LogP) is 3.42. The van der Waals surface area contributed by atoms with Crippen molar-refractivity contribution >= 4 is 5.91 Å². The Morgan fingerprint density at radius 3 is 1.84 bits per heavy atom. The van der Waals surface area contributed by atoms with Crippen molar-refractivity contribution in [2.24, 2.45) is 17.6 Å². The highest BCUT2D eigenvalue weighted by Crippen LogP contribution is 2.10. The molecule has 0 saturated heterocycles. The van der Waals surface area contributed by atoms with Gasteiger partial charge in [0, 0.05) is 13.1 Å². The Bertz CT molecular complexity index is 227. The molecule has 0 bridgehead atoms. The van der Waals surface area contributed by atoms with Crippen LogP contribution in [0.3, 0.4) is 0 Å². The highest BCUT2D eigenvalue weighted by molar-refractivity contribution is 5.81. The molecule has 19 heavy (non-hydrogen) atoms. The van der Waals surface area contributed by atoms with E-state index in [0.717, 1.165) is 45.2 Å². The molecule has 0 aromatic heterocycles. The molecular weight excluding hydrogens is 236 g/mol. The number of rotatable bonds is 10. The van der Waals surface area contributed by atoms with Crippen molar-refractivity contribution in [3.63, 3.8) is 0 Å². The van der Waals surface area contributed by atoms with E-state index in [4.69, 9.17) is 5.73 Å². The maximum absolute atomic E-state index is 12.4. The first-order valence-electron chi connectivity index (χ1n) is 7.92. The number of hydrogen-bond donors (Lipinski definition) is 1. The monoisotopic (exact) mass is 270 g/mol. The van der Waals surface area contributed by atoms with Gasteiger partial charge in [-0.3, -0.25) is 4.79 Å². The van der Waals surface area contributed by atoms with Gasteiger partial charge in [-0.1, -0.05) is 47.5 Å². The summed E-state index contributed by atoms with van der Waals surface area (Å²) in [5.74, 6) is 1.40. The van der Waals surface area contributed by atoms with Crippen LogP contribution in [0, 0.1) is 11.8 Å². The lowest BCUT2D eigenvalue weighted by atomic mass is 10.1. The van der Waals surface area contributed by atoms with Crippen LogP contribution in [0.1, 0.15) is 66.7 Å². The summed E-state index contributed by atoms with van der Waals surface area (Å²) >= 11 is 0. The van der Waals surface area contributed by atoms with Crippen molar-refractivity contribution in [1.82, 2.24) is 4.90 Å². The molecule has 0 aliphatic rings. The summed E-state index contributed by atoms with van der Waals surface area (Å²) in [6, 6.07) is -0.306. The van der Waals surface area contributed by atoms with E-state index < -0.39 is 0 Å². The van der Waals surface area contributed by atoms with E-state index in [1.807, 2.05) is 4.90 Å². The molecule has 0 radical (unpaired) electrons. The number of nitrogens with zero attached hydrogens (tertiary/aromatic N) is 1. The van der Waals surface area contributed by atoms with Gasteiger partial charge in [-0.25, -0.2) is 0 Å². The molecule has 0 aliphatic heterocycles. The molecule has 0 saturated carbocycles. The zero-order valence-electron chi connectivity index (χ0n) is 13.6. The van der Waals surface area contributed by atoms with Crippen molar-refractivity contribution in [3.8, 4) is 0 Å². The van der Waals surface area contributed by atoms with Crippen LogP contribution in [0.2, 0.25) is 0 Å². The lowest BCUT2D eigenvalue weighted by Crippen LogP contribution is -2.45. The van der Waals surface area contributed by atoms with Crippen LogP contribution in [0.15, 0.2) is 0 Å². The van der Waals surface area contributed by atoms with E-state index in [0.29, 0.717) is 11.8 Å². The van der Waals surface area contributed by atoms with Crippen LogP contribution in [0.4, 0.5) is 0 Å². The summed E-state index contributed by atoms with van der Waals surface area (Å²) in [5, 5.41) is 0. The maximum atomic E-state index is 12.4. The number of amides is 1. The molecule has 1 unspecified atom stereocenters. The van der Waals surface area contributed by atoms with Gasteiger partial charge in [0.15, 0.2) is 0 Å². The van der Waals surface area contributed by atoms with E-state index >= 15 is 0 Å². The molecule has 0 fully saturated rings. The van der Waals surface area contributed by atoms with E-state index in [1.165, 1.54) is 0 Å². The lowest BCUT2D eigenvalue weighted by molar-refractivity contribution is -0.133. The number of nitrogens with two attached hydrogens (primary N) is 1. The van der Waals surface area contributed by atoms with Gasteiger partial charge < -0.3 is 10.6 Å². The van der Waals surface area contributed by atoms with Crippen LogP contribution in [0.5, 0.6) is 0 Å². The maximum Gasteiger partial charge on any atom is 0.239 e. The Labute approximate surface area is 119 Å². The fraction of sp³-hybridized carbons (Fsp3) is 0.938. The van der Waals surface area contributed by atoms with E-state index in [1.54, 1.807) is 0 Å². The molecular formula is C16H34N2O. The van der Waals surface area contributed by atoms with Crippen molar-refractivity contribution in [1.29, 1.82) is 0 Å². The summed E-state index contributed by atoms with van der Waals surface area (Å²) in [5.41, 5.74) is 6.03. The SMILES string of the molecule is CCCCC(N)C(=O)N(CCC(C)C)CCC(C)C. The predicted molar refractivity (Wildman–Crippen MR) is 83.0 cm³/mol. The molecule has 1 amide bonds. The molecule has 2 N–H and O–H groups in total. The summed E-state index contributed by atoms with van der Waals surface area (Å²) in [6.45, 7) is 12.6. The molecule has 1 atom stereocenters. The minimum absolute atomic E-state index is 0.148. The van der Waals surface area contributed by atoms with Crippen LogP contribution in [-0.4, -0.2) is 29.9 Å². The Morgan fingerprint density at radius 1 is 1.00 bits per heavy atom. The number of hydrogen-bond acceptors (Lipinski definition) is 2. The van der Waals surface area contributed by atoms with Crippen molar-refractivity contribution in [2.75, 3.05) is 13.1 Å². The largest absolute Gasteiger partial charge is 0.341 e. The Hall–Kier alpha value is -0.570. The zero-order chi connectivity index (χ0) is 14.8. The quantitative estimate of drug-likeness (QED) is 0.661. The van der Waals surface area contributed by atoms with Gasteiger partial charge in [0.2, 0.25) is 5.91 Å². The molecule has 3 nitrogen and oxygen atoms in total. The van der Waals surface area contributed by atoms with E-state index in [2.05, 4.69) is 34.6 Å². The molecule has 3 heteroatoms. The minimum Gasteiger partial charge on any atom is -0.341 e. The average Bonchev–Trinajstić information content (AvgIpc) is 2.34. The van der Waals surface area contributed by atoms with Crippen LogP contribution in [-0.2, 0) is 4.79 Å². The first-order valence-corrected chi connectivity index (χ1v) is 7.92. The number of carbonyl (C=O) groups excluding carboxylic acids is 1. The van der Waals surface area contributed by atoms with Crippen LogP contribution >= 0.6 is 0 Å². The smallest absolute Gasteiger partial charge is 0.239 e.